The summed E-state index contributed by atoms with van der Waals surface area (Å²) < 4.78 is 10.4. The highest BCUT2D eigenvalue weighted by atomic mass is 16.5. The summed E-state index contributed by atoms with van der Waals surface area (Å²) in [6.07, 6.45) is 1.63. The molecule has 1 N–H and O–H groups in total. The van der Waals surface area contributed by atoms with Crippen molar-refractivity contribution >= 4 is 0 Å². The second-order valence-electron chi connectivity index (χ2n) is 4.35. The summed E-state index contributed by atoms with van der Waals surface area (Å²) in [5.41, 5.74) is -0.00763. The van der Waals surface area contributed by atoms with Crippen LogP contribution in [0.1, 0.15) is 18.2 Å². The average molecular weight is 259 g/mol. The van der Waals surface area contributed by atoms with Crippen LogP contribution in [0.25, 0.3) is 0 Å². The lowest BCUT2D eigenvalue weighted by Gasteiger charge is -2.25. The molecule has 1 aromatic carbocycles. The lowest BCUT2D eigenvalue weighted by Crippen LogP contribution is -2.25. The van der Waals surface area contributed by atoms with Crippen LogP contribution in [0.4, 0.5) is 0 Å². The monoisotopic (exact) mass is 259 g/mol. The average Bonchev–Trinajstić information content (AvgIpc) is 2.47. The Bertz CT molecular complexity index is 550. The molecule has 0 fully saturated rings. The molecule has 1 unspecified atom stereocenters. The summed E-state index contributed by atoms with van der Waals surface area (Å²) >= 11 is 0. The van der Waals surface area contributed by atoms with Crippen molar-refractivity contribution in [1.29, 1.82) is 0 Å². The van der Waals surface area contributed by atoms with E-state index in [-0.39, 0.29) is 0 Å². The maximum absolute atomic E-state index is 10.7. The van der Waals surface area contributed by atoms with E-state index in [0.717, 1.165) is 11.3 Å². The van der Waals surface area contributed by atoms with Gasteiger partial charge in [0.2, 0.25) is 0 Å². The lowest BCUT2D eigenvalue weighted by atomic mass is 9.91. The number of rotatable bonds is 4. The zero-order valence-electron chi connectivity index (χ0n) is 11.3. The van der Waals surface area contributed by atoms with Crippen molar-refractivity contribution in [2.75, 3.05) is 14.2 Å². The minimum absolute atomic E-state index is 0.489. The molecule has 0 aliphatic carbocycles. The number of hydrogen-bond donors (Lipinski definition) is 1. The second kappa shape index (κ2) is 5.28. The SMILES string of the molecule is COc1ccc(C(C)(O)c2ncccc2OC)cc1. The van der Waals surface area contributed by atoms with E-state index in [1.807, 2.05) is 12.1 Å². The third-order valence-electron chi connectivity index (χ3n) is 3.10. The van der Waals surface area contributed by atoms with Gasteiger partial charge >= 0.3 is 0 Å². The molecule has 0 aliphatic rings. The van der Waals surface area contributed by atoms with Gasteiger partial charge in [0.25, 0.3) is 0 Å². The molecule has 2 rings (SSSR count). The zero-order valence-corrected chi connectivity index (χ0v) is 11.3. The molecule has 0 aliphatic heterocycles. The highest BCUT2D eigenvalue weighted by molar-refractivity contribution is 5.41. The first kappa shape index (κ1) is 13.4. The van der Waals surface area contributed by atoms with Crippen LogP contribution in [-0.2, 0) is 5.60 Å². The van der Waals surface area contributed by atoms with E-state index in [1.165, 1.54) is 0 Å². The first-order chi connectivity index (χ1) is 9.09. The molecule has 0 saturated carbocycles. The third kappa shape index (κ3) is 2.53. The molecule has 4 heteroatoms. The van der Waals surface area contributed by atoms with E-state index in [2.05, 4.69) is 4.98 Å². The number of benzene rings is 1. The van der Waals surface area contributed by atoms with Gasteiger partial charge in [-0.25, -0.2) is 0 Å². The Morgan fingerprint density at radius 3 is 2.32 bits per heavy atom. The molecule has 0 saturated heterocycles. The molecular formula is C15H17NO3. The van der Waals surface area contributed by atoms with E-state index < -0.39 is 5.60 Å². The number of ether oxygens (including phenoxy) is 2. The van der Waals surface area contributed by atoms with Crippen LogP contribution in [0.15, 0.2) is 42.6 Å². The lowest BCUT2D eigenvalue weighted by molar-refractivity contribution is 0.0938. The summed E-state index contributed by atoms with van der Waals surface area (Å²) in [7, 11) is 3.17. The Labute approximate surface area is 112 Å². The number of pyridine rings is 1. The van der Waals surface area contributed by atoms with Crippen molar-refractivity contribution in [3.63, 3.8) is 0 Å². The third-order valence-corrected chi connectivity index (χ3v) is 3.10. The molecule has 19 heavy (non-hydrogen) atoms. The first-order valence-electron chi connectivity index (χ1n) is 5.96. The Hall–Kier alpha value is -2.07. The van der Waals surface area contributed by atoms with E-state index >= 15 is 0 Å². The quantitative estimate of drug-likeness (QED) is 0.915. The van der Waals surface area contributed by atoms with Gasteiger partial charge in [-0.2, -0.15) is 0 Å². The molecule has 100 valence electrons. The van der Waals surface area contributed by atoms with Crippen LogP contribution in [0, 0.1) is 0 Å². The van der Waals surface area contributed by atoms with Crippen molar-refractivity contribution in [3.05, 3.63) is 53.9 Å². The number of nitrogens with zero attached hydrogens (tertiary/aromatic N) is 1. The van der Waals surface area contributed by atoms with Crippen molar-refractivity contribution in [2.45, 2.75) is 12.5 Å². The first-order valence-corrected chi connectivity index (χ1v) is 5.96. The molecule has 4 nitrogen and oxygen atoms in total. The topological polar surface area (TPSA) is 51.6 Å². The minimum atomic E-state index is -1.22. The standard InChI is InChI=1S/C15H17NO3/c1-15(17,11-6-8-12(18-2)9-7-11)14-13(19-3)5-4-10-16-14/h4-10,17H,1-3H3. The molecule has 2 aromatic rings. The number of aliphatic hydroxyl groups is 1. The Morgan fingerprint density at radius 2 is 1.74 bits per heavy atom. The maximum Gasteiger partial charge on any atom is 0.143 e. The molecule has 0 amide bonds. The van der Waals surface area contributed by atoms with Crippen LogP contribution in [-0.4, -0.2) is 24.3 Å². The molecular weight excluding hydrogens is 242 g/mol. The summed E-state index contributed by atoms with van der Waals surface area (Å²) in [5.74, 6) is 1.30. The Kier molecular flexibility index (Phi) is 3.71. The summed E-state index contributed by atoms with van der Waals surface area (Å²) in [4.78, 5) is 4.23. The van der Waals surface area contributed by atoms with Crippen LogP contribution >= 0.6 is 0 Å². The highest BCUT2D eigenvalue weighted by Gasteiger charge is 2.30. The van der Waals surface area contributed by atoms with E-state index in [0.29, 0.717) is 11.4 Å². The van der Waals surface area contributed by atoms with Gasteiger partial charge in [-0.3, -0.25) is 4.98 Å². The summed E-state index contributed by atoms with van der Waals surface area (Å²) in [5, 5.41) is 10.7. The molecule has 0 radical (unpaired) electrons. The maximum atomic E-state index is 10.7. The van der Waals surface area contributed by atoms with Crippen LogP contribution < -0.4 is 9.47 Å². The predicted molar refractivity (Wildman–Crippen MR) is 72.5 cm³/mol. The van der Waals surface area contributed by atoms with Gasteiger partial charge in [0.1, 0.15) is 22.8 Å². The van der Waals surface area contributed by atoms with E-state index in [9.17, 15) is 5.11 Å². The molecule has 1 aromatic heterocycles. The Morgan fingerprint density at radius 1 is 1.05 bits per heavy atom. The fraction of sp³-hybridized carbons (Fsp3) is 0.267. The molecule has 1 atom stereocenters. The van der Waals surface area contributed by atoms with Gasteiger partial charge in [0.05, 0.1) is 14.2 Å². The predicted octanol–water partition coefficient (Wildman–Crippen LogP) is 2.35. The minimum Gasteiger partial charge on any atom is -0.497 e. The second-order valence-corrected chi connectivity index (χ2v) is 4.35. The van der Waals surface area contributed by atoms with E-state index in [4.69, 9.17) is 9.47 Å². The largest absolute Gasteiger partial charge is 0.497 e. The Balaban J connectivity index is 2.45. The van der Waals surface area contributed by atoms with Crippen molar-refractivity contribution < 1.29 is 14.6 Å². The van der Waals surface area contributed by atoms with E-state index in [1.54, 1.807) is 51.6 Å². The van der Waals surface area contributed by atoms with Gasteiger partial charge in [-0.05, 0) is 36.8 Å². The normalized spacial score (nSPS) is 13.7. The number of methoxy groups -OCH3 is 2. The van der Waals surface area contributed by atoms with Gasteiger partial charge in [-0.15, -0.1) is 0 Å². The molecule has 0 spiro atoms. The fourth-order valence-electron chi connectivity index (χ4n) is 1.97. The summed E-state index contributed by atoms with van der Waals surface area (Å²) in [6.45, 7) is 1.69. The van der Waals surface area contributed by atoms with Crippen molar-refractivity contribution in [1.82, 2.24) is 4.98 Å². The van der Waals surface area contributed by atoms with Gasteiger partial charge < -0.3 is 14.6 Å². The molecule has 1 heterocycles. The van der Waals surface area contributed by atoms with Crippen LogP contribution in [0.2, 0.25) is 0 Å². The van der Waals surface area contributed by atoms with Gasteiger partial charge in [0, 0.05) is 6.20 Å². The highest BCUT2D eigenvalue weighted by Crippen LogP contribution is 2.34. The van der Waals surface area contributed by atoms with Gasteiger partial charge in [-0.1, -0.05) is 12.1 Å². The molecule has 0 bridgehead atoms. The summed E-state index contributed by atoms with van der Waals surface area (Å²) in [6, 6.07) is 10.8. The number of hydrogen-bond acceptors (Lipinski definition) is 4. The number of aromatic nitrogens is 1. The van der Waals surface area contributed by atoms with Crippen molar-refractivity contribution in [3.8, 4) is 11.5 Å². The zero-order chi connectivity index (χ0) is 13.9. The van der Waals surface area contributed by atoms with Gasteiger partial charge in [0.15, 0.2) is 0 Å². The van der Waals surface area contributed by atoms with Crippen LogP contribution in [0.3, 0.4) is 0 Å². The fourth-order valence-corrected chi connectivity index (χ4v) is 1.97. The van der Waals surface area contributed by atoms with Crippen LogP contribution in [0.5, 0.6) is 11.5 Å². The van der Waals surface area contributed by atoms with Crippen molar-refractivity contribution in [2.24, 2.45) is 0 Å². The smallest absolute Gasteiger partial charge is 0.143 e.